The van der Waals surface area contributed by atoms with Crippen molar-refractivity contribution in [3.05, 3.63) is 24.4 Å². The summed E-state index contributed by atoms with van der Waals surface area (Å²) in [5.74, 6) is 0.916. The lowest BCUT2D eigenvalue weighted by molar-refractivity contribution is 0.122. The van der Waals surface area contributed by atoms with Crippen LogP contribution >= 0.6 is 0 Å². The molecule has 1 saturated heterocycles. The van der Waals surface area contributed by atoms with E-state index in [9.17, 15) is 0 Å². The first-order valence-corrected chi connectivity index (χ1v) is 4.69. The number of nitrogens with zero attached hydrogens (tertiary/aromatic N) is 3. The highest BCUT2D eigenvalue weighted by atomic mass is 16.5. The molecular formula is C10H13N3O. The van der Waals surface area contributed by atoms with E-state index in [-0.39, 0.29) is 0 Å². The van der Waals surface area contributed by atoms with E-state index in [2.05, 4.69) is 21.7 Å². The standard InChI is InChI=1S/C10H13N3O/c1-2-9-3-4-10(12-11-9)13-5-7-14-8-6-13/h2-4H,1,5-8H2. The van der Waals surface area contributed by atoms with Gasteiger partial charge in [-0.25, -0.2) is 0 Å². The molecule has 0 atom stereocenters. The van der Waals surface area contributed by atoms with Crippen LogP contribution in [0.15, 0.2) is 18.7 Å². The molecule has 0 unspecified atom stereocenters. The zero-order valence-corrected chi connectivity index (χ0v) is 8.02. The molecule has 1 aromatic heterocycles. The molecule has 4 nitrogen and oxygen atoms in total. The minimum atomic E-state index is 0.769. The molecule has 0 radical (unpaired) electrons. The van der Waals surface area contributed by atoms with Gasteiger partial charge in [0.1, 0.15) is 0 Å². The van der Waals surface area contributed by atoms with E-state index in [0.29, 0.717) is 0 Å². The van der Waals surface area contributed by atoms with Crippen LogP contribution < -0.4 is 4.90 Å². The van der Waals surface area contributed by atoms with Crippen LogP contribution in [-0.2, 0) is 4.74 Å². The van der Waals surface area contributed by atoms with Gasteiger partial charge in [0.15, 0.2) is 5.82 Å². The number of rotatable bonds is 2. The fourth-order valence-corrected chi connectivity index (χ4v) is 1.41. The minimum absolute atomic E-state index is 0.769. The molecule has 0 saturated carbocycles. The third-order valence-electron chi connectivity index (χ3n) is 2.22. The van der Waals surface area contributed by atoms with Gasteiger partial charge in [-0.05, 0) is 18.2 Å². The van der Waals surface area contributed by atoms with E-state index in [1.807, 2.05) is 12.1 Å². The van der Waals surface area contributed by atoms with E-state index in [1.165, 1.54) is 0 Å². The highest BCUT2D eigenvalue weighted by molar-refractivity contribution is 5.45. The smallest absolute Gasteiger partial charge is 0.151 e. The second-order valence-electron chi connectivity index (χ2n) is 3.12. The molecule has 0 aromatic carbocycles. The van der Waals surface area contributed by atoms with Crippen molar-refractivity contribution >= 4 is 11.9 Å². The van der Waals surface area contributed by atoms with E-state index >= 15 is 0 Å². The lowest BCUT2D eigenvalue weighted by Crippen LogP contribution is -2.36. The first kappa shape index (κ1) is 9.15. The summed E-state index contributed by atoms with van der Waals surface area (Å²) in [5, 5.41) is 8.14. The third-order valence-corrected chi connectivity index (χ3v) is 2.22. The van der Waals surface area contributed by atoms with E-state index in [0.717, 1.165) is 37.8 Å². The Kier molecular flexibility index (Phi) is 2.74. The Morgan fingerprint density at radius 2 is 2.07 bits per heavy atom. The van der Waals surface area contributed by atoms with Crippen LogP contribution in [0.25, 0.3) is 6.08 Å². The summed E-state index contributed by atoms with van der Waals surface area (Å²) in [5.41, 5.74) is 0.807. The minimum Gasteiger partial charge on any atom is -0.378 e. The Morgan fingerprint density at radius 3 is 2.64 bits per heavy atom. The number of ether oxygens (including phenoxy) is 1. The van der Waals surface area contributed by atoms with Gasteiger partial charge in [0.05, 0.1) is 18.9 Å². The second-order valence-corrected chi connectivity index (χ2v) is 3.12. The molecule has 2 heterocycles. The molecule has 14 heavy (non-hydrogen) atoms. The summed E-state index contributed by atoms with van der Waals surface area (Å²) in [7, 11) is 0. The van der Waals surface area contributed by atoms with Gasteiger partial charge in [-0.2, -0.15) is 0 Å². The molecule has 0 N–H and O–H groups in total. The topological polar surface area (TPSA) is 38.2 Å². The predicted octanol–water partition coefficient (Wildman–Crippen LogP) is 0.956. The van der Waals surface area contributed by atoms with Gasteiger partial charge in [0, 0.05) is 13.1 Å². The van der Waals surface area contributed by atoms with Crippen LogP contribution in [0, 0.1) is 0 Å². The van der Waals surface area contributed by atoms with Crippen molar-refractivity contribution < 1.29 is 4.74 Å². The summed E-state index contributed by atoms with van der Waals surface area (Å²) in [6, 6.07) is 3.89. The maximum Gasteiger partial charge on any atom is 0.151 e. The predicted molar refractivity (Wildman–Crippen MR) is 55.2 cm³/mol. The lowest BCUT2D eigenvalue weighted by Gasteiger charge is -2.27. The molecule has 1 aliphatic rings. The van der Waals surface area contributed by atoms with Crippen LogP contribution in [0.1, 0.15) is 5.69 Å². The molecular weight excluding hydrogens is 178 g/mol. The molecule has 2 rings (SSSR count). The molecule has 0 spiro atoms. The van der Waals surface area contributed by atoms with E-state index in [4.69, 9.17) is 4.74 Å². The van der Waals surface area contributed by atoms with Crippen molar-refractivity contribution in [3.63, 3.8) is 0 Å². The highest BCUT2D eigenvalue weighted by Crippen LogP contribution is 2.11. The van der Waals surface area contributed by atoms with Crippen molar-refractivity contribution in [1.82, 2.24) is 10.2 Å². The largest absolute Gasteiger partial charge is 0.378 e. The fourth-order valence-electron chi connectivity index (χ4n) is 1.41. The van der Waals surface area contributed by atoms with Gasteiger partial charge in [-0.3, -0.25) is 0 Å². The van der Waals surface area contributed by atoms with Crippen molar-refractivity contribution in [2.45, 2.75) is 0 Å². The monoisotopic (exact) mass is 191 g/mol. The maximum atomic E-state index is 5.26. The van der Waals surface area contributed by atoms with E-state index < -0.39 is 0 Å². The summed E-state index contributed by atoms with van der Waals surface area (Å²) in [6.07, 6.45) is 1.69. The zero-order valence-electron chi connectivity index (χ0n) is 8.02. The fraction of sp³-hybridized carbons (Fsp3) is 0.400. The molecule has 74 valence electrons. The summed E-state index contributed by atoms with van der Waals surface area (Å²) >= 11 is 0. The van der Waals surface area contributed by atoms with Gasteiger partial charge >= 0.3 is 0 Å². The Labute approximate surface area is 83.2 Å². The first-order valence-electron chi connectivity index (χ1n) is 4.69. The Hall–Kier alpha value is -1.42. The second kappa shape index (κ2) is 4.19. The Balaban J connectivity index is 2.11. The molecule has 0 aliphatic carbocycles. The van der Waals surface area contributed by atoms with E-state index in [1.54, 1.807) is 6.08 Å². The maximum absolute atomic E-state index is 5.26. The summed E-state index contributed by atoms with van der Waals surface area (Å²) in [4.78, 5) is 2.17. The average Bonchev–Trinajstić information content (AvgIpc) is 2.30. The lowest BCUT2D eigenvalue weighted by atomic mass is 10.3. The van der Waals surface area contributed by atoms with Crippen molar-refractivity contribution in [1.29, 1.82) is 0 Å². The number of hydrogen-bond donors (Lipinski definition) is 0. The molecule has 1 aliphatic heterocycles. The van der Waals surface area contributed by atoms with Crippen molar-refractivity contribution in [2.24, 2.45) is 0 Å². The SMILES string of the molecule is C=Cc1ccc(N2CCOCC2)nn1. The van der Waals surface area contributed by atoms with Gasteiger partial charge in [-0.1, -0.05) is 6.58 Å². The van der Waals surface area contributed by atoms with Crippen LogP contribution in [0.5, 0.6) is 0 Å². The third kappa shape index (κ3) is 1.90. The van der Waals surface area contributed by atoms with Gasteiger partial charge in [-0.15, -0.1) is 10.2 Å². The van der Waals surface area contributed by atoms with Crippen LogP contribution in [0.4, 0.5) is 5.82 Å². The normalized spacial score (nSPS) is 16.7. The quantitative estimate of drug-likeness (QED) is 0.697. The summed E-state index contributed by atoms with van der Waals surface area (Å²) in [6.45, 7) is 6.96. The number of anilines is 1. The Bertz CT molecular complexity index is 304. The molecule has 0 bridgehead atoms. The van der Waals surface area contributed by atoms with Gasteiger partial charge in [0.25, 0.3) is 0 Å². The van der Waals surface area contributed by atoms with Crippen molar-refractivity contribution in [2.75, 3.05) is 31.2 Å². The van der Waals surface area contributed by atoms with Crippen LogP contribution in [0.3, 0.4) is 0 Å². The molecule has 1 fully saturated rings. The van der Waals surface area contributed by atoms with Gasteiger partial charge < -0.3 is 9.64 Å². The number of aromatic nitrogens is 2. The molecule has 1 aromatic rings. The average molecular weight is 191 g/mol. The molecule has 4 heteroatoms. The number of hydrogen-bond acceptors (Lipinski definition) is 4. The summed E-state index contributed by atoms with van der Waals surface area (Å²) < 4.78 is 5.26. The van der Waals surface area contributed by atoms with Crippen LogP contribution in [-0.4, -0.2) is 36.5 Å². The molecule has 0 amide bonds. The van der Waals surface area contributed by atoms with Crippen molar-refractivity contribution in [3.8, 4) is 0 Å². The first-order chi connectivity index (χ1) is 6.90. The zero-order chi connectivity index (χ0) is 9.80. The highest BCUT2D eigenvalue weighted by Gasteiger charge is 2.11. The van der Waals surface area contributed by atoms with Crippen LogP contribution in [0.2, 0.25) is 0 Å². The Morgan fingerprint density at radius 1 is 1.29 bits per heavy atom. The van der Waals surface area contributed by atoms with Gasteiger partial charge in [0.2, 0.25) is 0 Å². The number of morpholine rings is 1.